The zero-order valence-electron chi connectivity index (χ0n) is 18.4. The Morgan fingerprint density at radius 1 is 0.970 bits per heavy atom. The summed E-state index contributed by atoms with van der Waals surface area (Å²) in [6, 6.07) is 22.7. The van der Waals surface area contributed by atoms with Crippen LogP contribution in [0.2, 0.25) is 0 Å². The number of anilines is 2. The van der Waals surface area contributed by atoms with Crippen molar-refractivity contribution in [3.05, 3.63) is 95.1 Å². The molecular formula is C26H27ClN2O4. The molecule has 4 rings (SSSR count). The molecule has 1 aliphatic rings. The average molecular weight is 467 g/mol. The van der Waals surface area contributed by atoms with Crippen LogP contribution in [0.1, 0.15) is 39.4 Å². The molecule has 1 unspecified atom stereocenters. The average Bonchev–Trinajstić information content (AvgIpc) is 2.92. The van der Waals surface area contributed by atoms with Crippen molar-refractivity contribution in [3.8, 4) is 0 Å². The number of hydrogen-bond acceptors (Lipinski definition) is 5. The number of hydrogen-bond donors (Lipinski definition) is 1. The summed E-state index contributed by atoms with van der Waals surface area (Å²) < 4.78 is 10.8. The summed E-state index contributed by atoms with van der Waals surface area (Å²) >= 11 is 0. The van der Waals surface area contributed by atoms with E-state index < -0.39 is 0 Å². The number of fused-ring (bicyclic) bond motifs is 2. The van der Waals surface area contributed by atoms with Crippen LogP contribution in [-0.4, -0.2) is 32.1 Å². The Kier molecular flexibility index (Phi) is 8.09. The molecule has 0 spiro atoms. The third-order valence-corrected chi connectivity index (χ3v) is 5.72. The Balaban J connectivity index is 0.00000306. The zero-order chi connectivity index (χ0) is 22.5. The van der Waals surface area contributed by atoms with E-state index in [-0.39, 0.29) is 36.6 Å². The molecule has 0 aromatic heterocycles. The second kappa shape index (κ2) is 11.0. The van der Waals surface area contributed by atoms with Gasteiger partial charge in [0, 0.05) is 29.4 Å². The molecule has 0 aliphatic carbocycles. The predicted molar refractivity (Wildman–Crippen MR) is 131 cm³/mol. The minimum Gasteiger partial charge on any atom is -0.469 e. The number of para-hydroxylation sites is 1. The number of carbonyl (C=O) groups excluding carboxylic acids is 2. The monoisotopic (exact) mass is 466 g/mol. The van der Waals surface area contributed by atoms with Gasteiger partial charge < -0.3 is 20.1 Å². The predicted octanol–water partition coefficient (Wildman–Crippen LogP) is 4.56. The van der Waals surface area contributed by atoms with Gasteiger partial charge in [-0.05, 0) is 41.0 Å². The van der Waals surface area contributed by atoms with Gasteiger partial charge in [0.05, 0.1) is 26.7 Å². The Hall–Kier alpha value is -3.35. The van der Waals surface area contributed by atoms with Gasteiger partial charge in [0.25, 0.3) is 5.91 Å². The van der Waals surface area contributed by atoms with Crippen LogP contribution < -0.4 is 10.6 Å². The van der Waals surface area contributed by atoms with E-state index in [1.165, 1.54) is 7.11 Å². The number of amides is 1. The van der Waals surface area contributed by atoms with Crippen LogP contribution in [0.4, 0.5) is 11.4 Å². The first-order valence-corrected chi connectivity index (χ1v) is 10.6. The molecular weight excluding hydrogens is 440 g/mol. The summed E-state index contributed by atoms with van der Waals surface area (Å²) in [5, 5.41) is 0. The lowest BCUT2D eigenvalue weighted by molar-refractivity contribution is -0.140. The van der Waals surface area contributed by atoms with E-state index in [0.717, 1.165) is 22.4 Å². The quantitative estimate of drug-likeness (QED) is 0.313. The maximum Gasteiger partial charge on any atom is 0.306 e. The topological polar surface area (TPSA) is 81.9 Å². The molecule has 1 amide bonds. The van der Waals surface area contributed by atoms with Crippen LogP contribution in [0.15, 0.2) is 72.8 Å². The lowest BCUT2D eigenvalue weighted by atomic mass is 9.86. The van der Waals surface area contributed by atoms with Crippen molar-refractivity contribution in [2.45, 2.75) is 18.9 Å². The molecule has 3 aromatic carbocycles. The van der Waals surface area contributed by atoms with Crippen molar-refractivity contribution in [1.82, 2.24) is 0 Å². The number of nitrogen functional groups attached to an aromatic ring is 1. The molecule has 0 saturated heterocycles. The number of benzene rings is 3. The molecule has 1 aliphatic heterocycles. The summed E-state index contributed by atoms with van der Waals surface area (Å²) in [5.74, 6) is -0.677. The molecule has 0 fully saturated rings. The first-order chi connectivity index (χ1) is 15.6. The van der Waals surface area contributed by atoms with Crippen molar-refractivity contribution in [2.75, 3.05) is 30.9 Å². The van der Waals surface area contributed by atoms with Crippen LogP contribution in [0.3, 0.4) is 0 Å². The molecule has 0 bridgehead atoms. The largest absolute Gasteiger partial charge is 0.469 e. The Labute approximate surface area is 199 Å². The number of nitrogens with two attached hydrogens (primary N) is 1. The molecule has 172 valence electrons. The van der Waals surface area contributed by atoms with E-state index in [4.69, 9.17) is 15.2 Å². The fourth-order valence-corrected chi connectivity index (χ4v) is 4.10. The molecule has 0 saturated carbocycles. The van der Waals surface area contributed by atoms with E-state index in [2.05, 4.69) is 0 Å². The van der Waals surface area contributed by atoms with Crippen LogP contribution >= 0.6 is 12.4 Å². The van der Waals surface area contributed by atoms with Crippen molar-refractivity contribution < 1.29 is 19.1 Å². The third kappa shape index (κ3) is 5.35. The number of halogens is 1. The van der Waals surface area contributed by atoms with Crippen LogP contribution in [-0.2, 0) is 20.9 Å². The van der Waals surface area contributed by atoms with Gasteiger partial charge >= 0.3 is 5.97 Å². The number of ether oxygens (including phenoxy) is 2. The summed E-state index contributed by atoms with van der Waals surface area (Å²) in [4.78, 5) is 27.5. The molecule has 0 radical (unpaired) electrons. The van der Waals surface area contributed by atoms with Crippen molar-refractivity contribution in [3.63, 3.8) is 0 Å². The lowest BCUT2D eigenvalue weighted by Gasteiger charge is -2.24. The van der Waals surface area contributed by atoms with E-state index in [1.54, 1.807) is 4.90 Å². The fourth-order valence-electron chi connectivity index (χ4n) is 4.10. The first-order valence-electron chi connectivity index (χ1n) is 10.6. The highest BCUT2D eigenvalue weighted by Crippen LogP contribution is 2.40. The van der Waals surface area contributed by atoms with E-state index in [1.807, 2.05) is 72.8 Å². The number of methoxy groups -OCH3 is 1. The van der Waals surface area contributed by atoms with Gasteiger partial charge in [-0.3, -0.25) is 9.59 Å². The lowest BCUT2D eigenvalue weighted by Crippen LogP contribution is -2.34. The molecule has 1 heterocycles. The Bertz CT molecular complexity index is 1120. The normalized spacial score (nSPS) is 14.5. The van der Waals surface area contributed by atoms with Crippen LogP contribution in [0.25, 0.3) is 0 Å². The van der Waals surface area contributed by atoms with Gasteiger partial charge in [0.1, 0.15) is 0 Å². The second-order valence-electron chi connectivity index (χ2n) is 7.73. The summed E-state index contributed by atoms with van der Waals surface area (Å²) in [7, 11) is 1.38. The van der Waals surface area contributed by atoms with E-state index >= 15 is 0 Å². The van der Waals surface area contributed by atoms with Gasteiger partial charge in [0.2, 0.25) is 0 Å². The molecule has 3 aromatic rings. The SMILES string of the molecule is COC(=O)CC1c2ccccc2C(=O)N(CCOCc2ccc(N)cc2)c2ccccc21.Cl. The highest BCUT2D eigenvalue weighted by molar-refractivity contribution is 6.09. The standard InChI is InChI=1S/C26H26N2O4.ClH/c1-31-25(29)16-23-20-6-2-3-8-22(20)26(30)28(24-9-5-4-7-21(23)24)14-15-32-17-18-10-12-19(27)13-11-18;/h2-13,23H,14-17,27H2,1H3;1H. The Morgan fingerprint density at radius 3 is 2.36 bits per heavy atom. The van der Waals surface area contributed by atoms with Crippen molar-refractivity contribution in [2.24, 2.45) is 0 Å². The smallest absolute Gasteiger partial charge is 0.306 e. The molecule has 7 heteroatoms. The third-order valence-electron chi connectivity index (χ3n) is 5.72. The molecule has 2 N–H and O–H groups in total. The minimum absolute atomic E-state index is 0. The molecule has 6 nitrogen and oxygen atoms in total. The van der Waals surface area contributed by atoms with E-state index in [0.29, 0.717) is 31.0 Å². The highest BCUT2D eigenvalue weighted by atomic mass is 35.5. The first kappa shape index (κ1) is 24.3. The molecule has 33 heavy (non-hydrogen) atoms. The van der Waals surface area contributed by atoms with Gasteiger partial charge in [-0.25, -0.2) is 0 Å². The fraction of sp³-hybridized carbons (Fsp3) is 0.231. The van der Waals surface area contributed by atoms with Gasteiger partial charge in [-0.15, -0.1) is 12.4 Å². The van der Waals surface area contributed by atoms with Crippen LogP contribution in [0, 0.1) is 0 Å². The maximum atomic E-state index is 13.5. The number of esters is 1. The second-order valence-corrected chi connectivity index (χ2v) is 7.73. The van der Waals surface area contributed by atoms with Crippen LogP contribution in [0.5, 0.6) is 0 Å². The number of carbonyl (C=O) groups is 2. The Morgan fingerprint density at radius 2 is 1.64 bits per heavy atom. The van der Waals surface area contributed by atoms with Gasteiger partial charge in [-0.2, -0.15) is 0 Å². The molecule has 1 atom stereocenters. The summed E-state index contributed by atoms with van der Waals surface area (Å²) in [6.45, 7) is 1.20. The summed E-state index contributed by atoms with van der Waals surface area (Å²) in [6.07, 6.45) is 0.166. The van der Waals surface area contributed by atoms with Gasteiger partial charge in [-0.1, -0.05) is 48.5 Å². The minimum atomic E-state index is -0.313. The van der Waals surface area contributed by atoms with Gasteiger partial charge in [0.15, 0.2) is 0 Å². The number of nitrogens with zero attached hydrogens (tertiary/aromatic N) is 1. The maximum absolute atomic E-state index is 13.5. The zero-order valence-corrected chi connectivity index (χ0v) is 19.2. The van der Waals surface area contributed by atoms with Crippen molar-refractivity contribution in [1.29, 1.82) is 0 Å². The summed E-state index contributed by atoms with van der Waals surface area (Å²) in [5.41, 5.74) is 10.6. The highest BCUT2D eigenvalue weighted by Gasteiger charge is 2.33. The van der Waals surface area contributed by atoms with E-state index in [9.17, 15) is 9.59 Å². The number of rotatable bonds is 7. The van der Waals surface area contributed by atoms with Crippen molar-refractivity contribution >= 4 is 35.7 Å².